The van der Waals surface area contributed by atoms with Gasteiger partial charge in [0.15, 0.2) is 0 Å². The molecule has 2 heterocycles. The van der Waals surface area contributed by atoms with E-state index in [1.165, 1.54) is 6.42 Å². The molecule has 2 aliphatic rings. The van der Waals surface area contributed by atoms with Crippen LogP contribution in [0.15, 0.2) is 22.9 Å². The van der Waals surface area contributed by atoms with Crippen molar-refractivity contribution in [3.8, 4) is 0 Å². The number of fused-ring (bicyclic) bond motifs is 2. The maximum Gasteiger partial charge on any atom is 0.255 e. The molecule has 108 valence electrons. The van der Waals surface area contributed by atoms with Crippen molar-refractivity contribution in [3.05, 3.63) is 28.5 Å². The zero-order valence-corrected chi connectivity index (χ0v) is 13.9. The molecule has 0 N–H and O–H groups in total. The number of carbonyl (C=O) groups is 1. The highest BCUT2D eigenvalue weighted by molar-refractivity contribution is 9.10. The summed E-state index contributed by atoms with van der Waals surface area (Å²) < 4.78 is 0.858. The van der Waals surface area contributed by atoms with Crippen LogP contribution in [0.25, 0.3) is 0 Å². The fourth-order valence-electron chi connectivity index (χ4n) is 4.39. The molecule has 1 amide bonds. The monoisotopic (exact) mass is 336 g/mol. The summed E-state index contributed by atoms with van der Waals surface area (Å²) in [4.78, 5) is 19.0. The highest BCUT2D eigenvalue weighted by Gasteiger charge is 2.51. The number of rotatable bonds is 1. The third-order valence-electron chi connectivity index (χ3n) is 4.63. The first kappa shape index (κ1) is 14.1. The van der Waals surface area contributed by atoms with Crippen molar-refractivity contribution in [2.75, 3.05) is 6.54 Å². The number of pyridine rings is 1. The number of carbonyl (C=O) groups excluding carboxylic acids is 1. The van der Waals surface area contributed by atoms with Gasteiger partial charge in [0.05, 0.1) is 5.56 Å². The van der Waals surface area contributed by atoms with E-state index < -0.39 is 0 Å². The Kier molecular flexibility index (Phi) is 3.20. The molecule has 4 heteroatoms. The highest BCUT2D eigenvalue weighted by atomic mass is 79.9. The Labute approximate surface area is 128 Å². The predicted octanol–water partition coefficient (Wildman–Crippen LogP) is 3.88. The zero-order valence-electron chi connectivity index (χ0n) is 12.3. The molecule has 3 nitrogen and oxygen atoms in total. The van der Waals surface area contributed by atoms with E-state index in [4.69, 9.17) is 0 Å². The molecule has 2 unspecified atom stereocenters. The van der Waals surface area contributed by atoms with E-state index in [0.29, 0.717) is 17.0 Å². The minimum absolute atomic E-state index is 0.130. The SMILES string of the molecule is CC1(C)CC2CC(C)(CN2C(=O)c2cncc(Br)c2)C1. The molecule has 2 atom stereocenters. The standard InChI is InChI=1S/C16H21BrN2O/c1-15(2)5-13-6-16(3,9-15)10-19(13)14(20)11-4-12(17)8-18-7-11/h4,7-8,13H,5-6,9-10H2,1-3H3. The van der Waals surface area contributed by atoms with Gasteiger partial charge in [-0.2, -0.15) is 0 Å². The number of hydrogen-bond donors (Lipinski definition) is 0. The third-order valence-corrected chi connectivity index (χ3v) is 5.06. The van der Waals surface area contributed by atoms with E-state index in [9.17, 15) is 4.79 Å². The normalized spacial score (nSPS) is 31.4. The van der Waals surface area contributed by atoms with Gasteiger partial charge in [-0.3, -0.25) is 9.78 Å². The van der Waals surface area contributed by atoms with Gasteiger partial charge in [-0.1, -0.05) is 20.8 Å². The number of halogens is 1. The molecular weight excluding hydrogens is 316 g/mol. The smallest absolute Gasteiger partial charge is 0.255 e. The van der Waals surface area contributed by atoms with Gasteiger partial charge in [0.25, 0.3) is 5.91 Å². The predicted molar refractivity (Wildman–Crippen MR) is 82.5 cm³/mol. The molecule has 0 radical (unpaired) electrons. The maximum atomic E-state index is 12.8. The average molecular weight is 337 g/mol. The van der Waals surface area contributed by atoms with Gasteiger partial charge < -0.3 is 4.90 Å². The van der Waals surface area contributed by atoms with E-state index in [0.717, 1.165) is 23.9 Å². The van der Waals surface area contributed by atoms with Crippen LogP contribution in [0.3, 0.4) is 0 Å². The van der Waals surface area contributed by atoms with E-state index in [1.807, 2.05) is 6.07 Å². The second kappa shape index (κ2) is 4.55. The summed E-state index contributed by atoms with van der Waals surface area (Å²) in [6, 6.07) is 2.25. The fourth-order valence-corrected chi connectivity index (χ4v) is 4.76. The van der Waals surface area contributed by atoms with Crippen molar-refractivity contribution in [1.82, 2.24) is 9.88 Å². The summed E-state index contributed by atoms with van der Waals surface area (Å²) in [7, 11) is 0. The minimum Gasteiger partial charge on any atom is -0.335 e. The van der Waals surface area contributed by atoms with Crippen LogP contribution in [-0.4, -0.2) is 28.4 Å². The molecule has 20 heavy (non-hydrogen) atoms. The lowest BCUT2D eigenvalue weighted by Crippen LogP contribution is -2.37. The van der Waals surface area contributed by atoms with Gasteiger partial charge in [-0.05, 0) is 52.1 Å². The summed E-state index contributed by atoms with van der Waals surface area (Å²) in [6.07, 6.45) is 6.84. The van der Waals surface area contributed by atoms with Crippen molar-refractivity contribution in [3.63, 3.8) is 0 Å². The zero-order chi connectivity index (χ0) is 14.5. The molecule has 1 aliphatic carbocycles. The van der Waals surface area contributed by atoms with E-state index >= 15 is 0 Å². The van der Waals surface area contributed by atoms with Crippen LogP contribution in [0.1, 0.15) is 50.4 Å². The highest BCUT2D eigenvalue weighted by Crippen LogP contribution is 2.52. The topological polar surface area (TPSA) is 33.2 Å². The number of aromatic nitrogens is 1. The van der Waals surface area contributed by atoms with Crippen LogP contribution in [0.2, 0.25) is 0 Å². The summed E-state index contributed by atoms with van der Waals surface area (Å²) in [5.74, 6) is 0.130. The number of hydrogen-bond acceptors (Lipinski definition) is 2. The van der Waals surface area contributed by atoms with Crippen LogP contribution in [-0.2, 0) is 0 Å². The van der Waals surface area contributed by atoms with Crippen LogP contribution in [0.4, 0.5) is 0 Å². The average Bonchev–Trinajstić information content (AvgIpc) is 2.57. The molecule has 0 aromatic carbocycles. The molecule has 2 bridgehead atoms. The Morgan fingerprint density at radius 2 is 2.10 bits per heavy atom. The summed E-state index contributed by atoms with van der Waals surface area (Å²) in [5, 5.41) is 0. The summed E-state index contributed by atoms with van der Waals surface area (Å²) in [5.41, 5.74) is 1.30. The quantitative estimate of drug-likeness (QED) is 0.779. The van der Waals surface area contributed by atoms with Gasteiger partial charge in [0, 0.05) is 29.5 Å². The Morgan fingerprint density at radius 3 is 2.80 bits per heavy atom. The lowest BCUT2D eigenvalue weighted by Gasteiger charge is -2.39. The lowest BCUT2D eigenvalue weighted by molar-refractivity contribution is 0.0707. The van der Waals surface area contributed by atoms with E-state index in [1.54, 1.807) is 12.4 Å². The molecule has 1 aromatic rings. The minimum atomic E-state index is 0.130. The first-order valence-corrected chi connectivity index (χ1v) is 7.99. The second-order valence-electron chi connectivity index (χ2n) is 7.54. The van der Waals surface area contributed by atoms with Crippen molar-refractivity contribution < 1.29 is 4.79 Å². The van der Waals surface area contributed by atoms with Crippen molar-refractivity contribution in [1.29, 1.82) is 0 Å². The van der Waals surface area contributed by atoms with Gasteiger partial charge in [0.2, 0.25) is 0 Å². The lowest BCUT2D eigenvalue weighted by atomic mass is 9.65. The molecule has 0 spiro atoms. The maximum absolute atomic E-state index is 12.8. The van der Waals surface area contributed by atoms with E-state index in [2.05, 4.69) is 46.6 Å². The van der Waals surface area contributed by atoms with Crippen LogP contribution in [0, 0.1) is 10.8 Å². The number of nitrogens with zero attached hydrogens (tertiary/aromatic N) is 2. The van der Waals surface area contributed by atoms with E-state index in [-0.39, 0.29) is 11.3 Å². The Bertz CT molecular complexity index is 557. The summed E-state index contributed by atoms with van der Waals surface area (Å²) in [6.45, 7) is 7.86. The number of likely N-dealkylation sites (tertiary alicyclic amines) is 1. The van der Waals surface area contributed by atoms with Crippen LogP contribution < -0.4 is 0 Å². The van der Waals surface area contributed by atoms with Crippen molar-refractivity contribution in [2.24, 2.45) is 10.8 Å². The van der Waals surface area contributed by atoms with Crippen LogP contribution >= 0.6 is 15.9 Å². The first-order chi connectivity index (χ1) is 9.28. The van der Waals surface area contributed by atoms with Gasteiger partial charge >= 0.3 is 0 Å². The Morgan fingerprint density at radius 1 is 1.35 bits per heavy atom. The Balaban J connectivity index is 1.87. The van der Waals surface area contributed by atoms with Crippen molar-refractivity contribution >= 4 is 21.8 Å². The fraction of sp³-hybridized carbons (Fsp3) is 0.625. The third kappa shape index (κ3) is 2.50. The van der Waals surface area contributed by atoms with Crippen molar-refractivity contribution in [2.45, 2.75) is 46.1 Å². The second-order valence-corrected chi connectivity index (χ2v) is 8.45. The molecular formula is C16H21BrN2O. The van der Waals surface area contributed by atoms with Gasteiger partial charge in [-0.15, -0.1) is 0 Å². The molecule has 2 fully saturated rings. The molecule has 1 saturated heterocycles. The largest absolute Gasteiger partial charge is 0.335 e. The molecule has 1 aromatic heterocycles. The first-order valence-electron chi connectivity index (χ1n) is 7.20. The van der Waals surface area contributed by atoms with Gasteiger partial charge in [0.1, 0.15) is 0 Å². The molecule has 1 saturated carbocycles. The summed E-state index contributed by atoms with van der Waals surface area (Å²) >= 11 is 3.39. The van der Waals surface area contributed by atoms with Crippen LogP contribution in [0.5, 0.6) is 0 Å². The molecule has 1 aliphatic heterocycles. The molecule has 3 rings (SSSR count). The number of amides is 1. The van der Waals surface area contributed by atoms with Gasteiger partial charge in [-0.25, -0.2) is 0 Å². The Hall–Kier alpha value is -0.900.